The molecule has 4 nitrogen and oxygen atoms in total. The molecule has 2 aromatic carbocycles. The second kappa shape index (κ2) is 10.5. The van der Waals surface area contributed by atoms with E-state index in [1.165, 1.54) is 31.5 Å². The van der Waals surface area contributed by atoms with Gasteiger partial charge in [0.1, 0.15) is 5.75 Å². The molecule has 0 radical (unpaired) electrons. The van der Waals surface area contributed by atoms with Gasteiger partial charge < -0.3 is 15.0 Å². The molecule has 1 saturated carbocycles. The molecule has 1 heterocycles. The first-order valence-corrected chi connectivity index (χ1v) is 12.4. The fraction of sp³-hybridized carbons (Fsp3) is 0.536. The Labute approximate surface area is 193 Å². The van der Waals surface area contributed by atoms with E-state index in [9.17, 15) is 4.79 Å². The molecule has 2 aliphatic rings. The van der Waals surface area contributed by atoms with Crippen molar-refractivity contribution in [1.82, 2.24) is 4.90 Å². The van der Waals surface area contributed by atoms with Gasteiger partial charge >= 0.3 is 0 Å². The van der Waals surface area contributed by atoms with Gasteiger partial charge in [0.25, 0.3) is 0 Å². The maximum absolute atomic E-state index is 13.4. The van der Waals surface area contributed by atoms with E-state index in [1.807, 2.05) is 24.3 Å². The molecule has 0 aromatic heterocycles. The van der Waals surface area contributed by atoms with Crippen molar-refractivity contribution >= 4 is 11.6 Å². The number of rotatable bonds is 8. The first kappa shape index (κ1) is 22.8. The Hall–Kier alpha value is -2.33. The van der Waals surface area contributed by atoms with Crippen LogP contribution in [-0.2, 0) is 10.2 Å². The molecular formula is C28H38N2O2. The molecule has 1 amide bonds. The third-order valence-electron chi connectivity index (χ3n) is 7.20. The molecular weight excluding hydrogens is 396 g/mol. The lowest BCUT2D eigenvalue weighted by molar-refractivity contribution is -0.121. The highest BCUT2D eigenvalue weighted by atomic mass is 16.5. The molecule has 0 spiro atoms. The van der Waals surface area contributed by atoms with Crippen LogP contribution < -0.4 is 10.1 Å². The molecule has 1 N–H and O–H groups in total. The number of anilines is 1. The number of ether oxygens (including phenoxy) is 1. The summed E-state index contributed by atoms with van der Waals surface area (Å²) in [5.41, 5.74) is 2.78. The van der Waals surface area contributed by atoms with E-state index in [0.29, 0.717) is 0 Å². The van der Waals surface area contributed by atoms with Gasteiger partial charge in [-0.25, -0.2) is 0 Å². The van der Waals surface area contributed by atoms with Crippen LogP contribution in [0, 0.1) is 12.8 Å². The number of carbonyl (C=O) groups excluding carboxylic acids is 1. The first-order chi connectivity index (χ1) is 15.5. The second-order valence-electron chi connectivity index (χ2n) is 9.89. The minimum Gasteiger partial charge on any atom is -0.494 e. The number of amides is 1. The lowest BCUT2D eigenvalue weighted by atomic mass is 9.77. The Bertz CT molecular complexity index is 887. The minimum absolute atomic E-state index is 0.116. The van der Waals surface area contributed by atoms with Crippen molar-refractivity contribution in [3.05, 3.63) is 59.7 Å². The molecule has 2 aromatic rings. The SMILES string of the molecule is Cc1cccc(C2(C(=O)Nc3ccc(OCCCN4CCC[C@H](C)C4)cc3)CCCC2)c1. The van der Waals surface area contributed by atoms with Crippen molar-refractivity contribution in [2.75, 3.05) is 31.6 Å². The topological polar surface area (TPSA) is 41.6 Å². The molecule has 172 valence electrons. The smallest absolute Gasteiger partial charge is 0.235 e. The predicted molar refractivity (Wildman–Crippen MR) is 131 cm³/mol. The highest BCUT2D eigenvalue weighted by Crippen LogP contribution is 2.42. The van der Waals surface area contributed by atoms with Gasteiger partial charge in [0, 0.05) is 18.8 Å². The van der Waals surface area contributed by atoms with Crippen LogP contribution in [0.3, 0.4) is 0 Å². The van der Waals surface area contributed by atoms with Crippen LogP contribution in [0.15, 0.2) is 48.5 Å². The molecule has 4 rings (SSSR count). The average molecular weight is 435 g/mol. The maximum atomic E-state index is 13.4. The summed E-state index contributed by atoms with van der Waals surface area (Å²) < 4.78 is 5.95. The normalized spacial score (nSPS) is 20.8. The van der Waals surface area contributed by atoms with E-state index < -0.39 is 5.41 Å². The van der Waals surface area contributed by atoms with E-state index in [-0.39, 0.29) is 5.91 Å². The zero-order valence-corrected chi connectivity index (χ0v) is 19.7. The minimum atomic E-state index is -0.410. The standard InChI is InChI=1S/C28H38N2O2/c1-22-8-5-10-24(20-22)28(15-3-4-16-28)27(31)29-25-11-13-26(14-12-25)32-19-7-18-30-17-6-9-23(2)21-30/h5,8,10-14,20,23H,3-4,6-7,9,15-19,21H2,1-2H3,(H,29,31)/t23-/m0/s1. The van der Waals surface area contributed by atoms with Crippen molar-refractivity contribution < 1.29 is 9.53 Å². The number of nitrogens with one attached hydrogen (secondary N) is 1. The van der Waals surface area contributed by atoms with Crippen LogP contribution in [0.25, 0.3) is 0 Å². The zero-order valence-electron chi connectivity index (χ0n) is 19.7. The van der Waals surface area contributed by atoms with Gasteiger partial charge in [-0.2, -0.15) is 0 Å². The second-order valence-corrected chi connectivity index (χ2v) is 9.89. The number of piperidine rings is 1. The monoisotopic (exact) mass is 434 g/mol. The summed E-state index contributed by atoms with van der Waals surface area (Å²) in [6.07, 6.45) is 7.76. The summed E-state index contributed by atoms with van der Waals surface area (Å²) in [6.45, 7) is 8.72. The predicted octanol–water partition coefficient (Wildman–Crippen LogP) is 5.95. The highest BCUT2D eigenvalue weighted by Gasteiger charge is 2.42. The first-order valence-electron chi connectivity index (χ1n) is 12.4. The summed E-state index contributed by atoms with van der Waals surface area (Å²) in [5.74, 6) is 1.80. The lowest BCUT2D eigenvalue weighted by Crippen LogP contribution is -2.38. The van der Waals surface area contributed by atoms with Gasteiger partial charge in [0.05, 0.1) is 12.0 Å². The van der Waals surface area contributed by atoms with Crippen LogP contribution >= 0.6 is 0 Å². The highest BCUT2D eigenvalue weighted by molar-refractivity contribution is 5.99. The molecule has 1 atom stereocenters. The Morgan fingerprint density at radius 2 is 1.91 bits per heavy atom. The molecule has 1 aliphatic heterocycles. The van der Waals surface area contributed by atoms with E-state index in [2.05, 4.69) is 48.3 Å². The number of carbonyl (C=O) groups is 1. The molecule has 0 unspecified atom stereocenters. The molecule has 2 fully saturated rings. The number of hydrogen-bond acceptors (Lipinski definition) is 3. The third kappa shape index (κ3) is 5.53. The van der Waals surface area contributed by atoms with Gasteiger partial charge in [0.2, 0.25) is 5.91 Å². The molecule has 32 heavy (non-hydrogen) atoms. The van der Waals surface area contributed by atoms with Crippen LogP contribution in [0.5, 0.6) is 5.75 Å². The Balaban J connectivity index is 1.29. The number of likely N-dealkylation sites (tertiary alicyclic amines) is 1. The van der Waals surface area contributed by atoms with Gasteiger partial charge in [0.15, 0.2) is 0 Å². The van der Waals surface area contributed by atoms with Gasteiger partial charge in [-0.3, -0.25) is 4.79 Å². The molecule has 0 bridgehead atoms. The number of nitrogens with zero attached hydrogens (tertiary/aromatic N) is 1. The number of benzene rings is 2. The van der Waals surface area contributed by atoms with Crippen molar-refractivity contribution in [2.24, 2.45) is 5.92 Å². The zero-order chi connectivity index (χ0) is 22.4. The Kier molecular flexibility index (Phi) is 7.51. The number of aryl methyl sites for hydroxylation is 1. The Morgan fingerprint density at radius 1 is 1.12 bits per heavy atom. The van der Waals surface area contributed by atoms with Gasteiger partial charge in [-0.05, 0) is 81.3 Å². The molecule has 1 saturated heterocycles. The van der Waals surface area contributed by atoms with E-state index in [4.69, 9.17) is 4.74 Å². The van der Waals surface area contributed by atoms with Crippen LogP contribution in [-0.4, -0.2) is 37.0 Å². The Morgan fingerprint density at radius 3 is 2.62 bits per heavy atom. The van der Waals surface area contributed by atoms with Crippen molar-refractivity contribution in [3.8, 4) is 5.75 Å². The van der Waals surface area contributed by atoms with Gasteiger partial charge in [-0.1, -0.05) is 49.6 Å². The van der Waals surface area contributed by atoms with Crippen LogP contribution in [0.2, 0.25) is 0 Å². The summed E-state index contributed by atoms with van der Waals surface area (Å²) in [5, 5.41) is 3.18. The van der Waals surface area contributed by atoms with Crippen LogP contribution in [0.4, 0.5) is 5.69 Å². The third-order valence-corrected chi connectivity index (χ3v) is 7.20. The molecule has 1 aliphatic carbocycles. The lowest BCUT2D eigenvalue weighted by Gasteiger charge is -2.30. The number of hydrogen-bond donors (Lipinski definition) is 1. The van der Waals surface area contributed by atoms with Crippen molar-refractivity contribution in [1.29, 1.82) is 0 Å². The largest absolute Gasteiger partial charge is 0.494 e. The van der Waals surface area contributed by atoms with Crippen molar-refractivity contribution in [3.63, 3.8) is 0 Å². The van der Waals surface area contributed by atoms with E-state index in [0.717, 1.165) is 68.2 Å². The fourth-order valence-electron chi connectivity index (χ4n) is 5.42. The van der Waals surface area contributed by atoms with E-state index >= 15 is 0 Å². The van der Waals surface area contributed by atoms with E-state index in [1.54, 1.807) is 0 Å². The van der Waals surface area contributed by atoms with Crippen molar-refractivity contribution in [2.45, 2.75) is 64.2 Å². The fourth-order valence-corrected chi connectivity index (χ4v) is 5.42. The average Bonchev–Trinajstić information content (AvgIpc) is 3.29. The van der Waals surface area contributed by atoms with Gasteiger partial charge in [-0.15, -0.1) is 0 Å². The maximum Gasteiger partial charge on any atom is 0.235 e. The summed E-state index contributed by atoms with van der Waals surface area (Å²) in [6, 6.07) is 16.3. The van der Waals surface area contributed by atoms with Crippen LogP contribution in [0.1, 0.15) is 63.0 Å². The molecule has 4 heteroatoms. The summed E-state index contributed by atoms with van der Waals surface area (Å²) in [4.78, 5) is 15.9. The summed E-state index contributed by atoms with van der Waals surface area (Å²) in [7, 11) is 0. The summed E-state index contributed by atoms with van der Waals surface area (Å²) >= 11 is 0. The quantitative estimate of drug-likeness (QED) is 0.522.